The Balaban J connectivity index is 2.30. The summed E-state index contributed by atoms with van der Waals surface area (Å²) >= 11 is 0. The normalized spacial score (nSPS) is 11.5. The number of hydrogen-bond donors (Lipinski definition) is 0. The molecule has 0 aromatic heterocycles. The largest absolute Gasteiger partial charge is 0.224 e. The van der Waals surface area contributed by atoms with E-state index in [1.54, 1.807) is 12.1 Å². The lowest BCUT2D eigenvalue weighted by Gasteiger charge is -2.06. The van der Waals surface area contributed by atoms with E-state index in [-0.39, 0.29) is 5.75 Å². The molecule has 0 aliphatic carbocycles. The highest BCUT2D eigenvalue weighted by Gasteiger charge is 2.13. The Labute approximate surface area is 142 Å². The van der Waals surface area contributed by atoms with Crippen LogP contribution in [0.15, 0.2) is 41.8 Å². The summed E-state index contributed by atoms with van der Waals surface area (Å²) in [7, 11) is -3.11. The minimum Gasteiger partial charge on any atom is -0.224 e. The first-order chi connectivity index (χ1) is 11.1. The fourth-order valence-electron chi connectivity index (χ4n) is 2.65. The molecule has 0 aliphatic heterocycles. The van der Waals surface area contributed by atoms with Crippen LogP contribution in [0.2, 0.25) is 0 Å². The zero-order chi connectivity index (χ0) is 17.0. The van der Waals surface area contributed by atoms with Crippen molar-refractivity contribution in [1.29, 1.82) is 0 Å². The topological polar surface area (TPSA) is 34.1 Å². The van der Waals surface area contributed by atoms with Crippen molar-refractivity contribution in [2.24, 2.45) is 0 Å². The molecule has 0 saturated heterocycles. The van der Waals surface area contributed by atoms with E-state index in [1.807, 2.05) is 18.2 Å². The molecule has 0 unspecified atom stereocenters. The molecule has 0 spiro atoms. The van der Waals surface area contributed by atoms with Crippen LogP contribution < -0.4 is 0 Å². The SMILES string of the molecule is C=CCCCCCCCCS(=O)(=O)c1ccc(CCCC)cc1. The third kappa shape index (κ3) is 8.36. The van der Waals surface area contributed by atoms with Gasteiger partial charge in [-0.05, 0) is 49.8 Å². The predicted octanol–water partition coefficient (Wildman–Crippen LogP) is 5.72. The molecule has 0 heterocycles. The maximum absolute atomic E-state index is 12.3. The fourth-order valence-corrected chi connectivity index (χ4v) is 4.02. The second-order valence-corrected chi connectivity index (χ2v) is 8.37. The van der Waals surface area contributed by atoms with Crippen molar-refractivity contribution < 1.29 is 8.42 Å². The molecule has 0 saturated carbocycles. The van der Waals surface area contributed by atoms with Crippen molar-refractivity contribution in [3.8, 4) is 0 Å². The van der Waals surface area contributed by atoms with E-state index in [2.05, 4.69) is 13.5 Å². The Bertz CT molecular complexity index is 529. The first kappa shape index (κ1) is 20.0. The zero-order valence-corrected chi connectivity index (χ0v) is 15.4. The lowest BCUT2D eigenvalue weighted by atomic mass is 10.1. The van der Waals surface area contributed by atoms with Crippen LogP contribution in [0.25, 0.3) is 0 Å². The van der Waals surface area contributed by atoms with Crippen LogP contribution in [0.4, 0.5) is 0 Å². The minimum atomic E-state index is -3.11. The molecule has 0 N–H and O–H groups in total. The van der Waals surface area contributed by atoms with Crippen LogP contribution >= 0.6 is 0 Å². The molecule has 0 fully saturated rings. The second kappa shape index (κ2) is 11.4. The molecule has 1 aromatic rings. The van der Waals surface area contributed by atoms with E-state index in [0.717, 1.165) is 44.9 Å². The molecule has 1 aromatic carbocycles. The lowest BCUT2D eigenvalue weighted by molar-refractivity contribution is 0.581. The molecule has 23 heavy (non-hydrogen) atoms. The smallest absolute Gasteiger partial charge is 0.178 e. The number of allylic oxidation sites excluding steroid dienone is 1. The molecule has 0 bridgehead atoms. The van der Waals surface area contributed by atoms with Crippen molar-refractivity contribution in [2.75, 3.05) is 5.75 Å². The van der Waals surface area contributed by atoms with E-state index >= 15 is 0 Å². The number of aryl methyl sites for hydroxylation is 1. The molecule has 0 amide bonds. The van der Waals surface area contributed by atoms with Gasteiger partial charge in [-0.25, -0.2) is 8.42 Å². The summed E-state index contributed by atoms with van der Waals surface area (Å²) in [6.07, 6.45) is 12.9. The second-order valence-electron chi connectivity index (χ2n) is 6.27. The summed E-state index contributed by atoms with van der Waals surface area (Å²) < 4.78 is 24.6. The molecular formula is C20H32O2S. The van der Waals surface area contributed by atoms with Crippen molar-refractivity contribution in [2.45, 2.75) is 76.0 Å². The lowest BCUT2D eigenvalue weighted by Crippen LogP contribution is -2.07. The van der Waals surface area contributed by atoms with Crippen LogP contribution in [0, 0.1) is 0 Å². The zero-order valence-electron chi connectivity index (χ0n) is 14.6. The average Bonchev–Trinajstić information content (AvgIpc) is 2.55. The summed E-state index contributed by atoms with van der Waals surface area (Å²) in [5.41, 5.74) is 1.23. The highest BCUT2D eigenvalue weighted by Crippen LogP contribution is 2.16. The Morgan fingerprint density at radius 2 is 1.52 bits per heavy atom. The van der Waals surface area contributed by atoms with Crippen LogP contribution in [-0.4, -0.2) is 14.2 Å². The van der Waals surface area contributed by atoms with Gasteiger partial charge in [0.1, 0.15) is 0 Å². The first-order valence-corrected chi connectivity index (χ1v) is 10.7. The third-order valence-electron chi connectivity index (χ3n) is 4.17. The van der Waals surface area contributed by atoms with Gasteiger partial charge in [-0.3, -0.25) is 0 Å². The van der Waals surface area contributed by atoms with E-state index in [4.69, 9.17) is 0 Å². The van der Waals surface area contributed by atoms with E-state index < -0.39 is 9.84 Å². The highest BCUT2D eigenvalue weighted by molar-refractivity contribution is 7.91. The number of sulfone groups is 1. The van der Waals surface area contributed by atoms with Crippen LogP contribution in [0.1, 0.15) is 70.3 Å². The minimum absolute atomic E-state index is 0.272. The summed E-state index contributed by atoms with van der Waals surface area (Å²) in [4.78, 5) is 0.476. The van der Waals surface area contributed by atoms with Gasteiger partial charge in [0.2, 0.25) is 0 Å². The predicted molar refractivity (Wildman–Crippen MR) is 99.6 cm³/mol. The van der Waals surface area contributed by atoms with Crippen molar-refractivity contribution in [1.82, 2.24) is 0 Å². The summed E-state index contributed by atoms with van der Waals surface area (Å²) in [5.74, 6) is 0.272. The standard InChI is InChI=1S/C20H32O2S/c1-3-5-7-8-9-10-11-12-18-23(21,22)20-16-14-19(15-17-20)13-6-4-2/h3,14-17H,1,4-13,18H2,2H3. The number of unbranched alkanes of at least 4 members (excludes halogenated alkanes) is 7. The van der Waals surface area contributed by atoms with Gasteiger partial charge < -0.3 is 0 Å². The summed E-state index contributed by atoms with van der Waals surface area (Å²) in [6.45, 7) is 5.88. The van der Waals surface area contributed by atoms with Gasteiger partial charge in [0.05, 0.1) is 10.6 Å². The van der Waals surface area contributed by atoms with E-state index in [0.29, 0.717) is 4.90 Å². The summed E-state index contributed by atoms with van der Waals surface area (Å²) in [5, 5.41) is 0. The van der Waals surface area contributed by atoms with Gasteiger partial charge >= 0.3 is 0 Å². The Morgan fingerprint density at radius 1 is 0.913 bits per heavy atom. The van der Waals surface area contributed by atoms with Crippen molar-refractivity contribution >= 4 is 9.84 Å². The van der Waals surface area contributed by atoms with Gasteiger partial charge in [0.25, 0.3) is 0 Å². The maximum Gasteiger partial charge on any atom is 0.178 e. The molecule has 0 aliphatic rings. The van der Waals surface area contributed by atoms with Gasteiger partial charge in [-0.1, -0.05) is 57.2 Å². The van der Waals surface area contributed by atoms with E-state index in [1.165, 1.54) is 24.8 Å². The average molecular weight is 337 g/mol. The monoisotopic (exact) mass is 336 g/mol. The van der Waals surface area contributed by atoms with Gasteiger partial charge in [-0.2, -0.15) is 0 Å². The van der Waals surface area contributed by atoms with Crippen LogP contribution in [-0.2, 0) is 16.3 Å². The number of rotatable bonds is 13. The first-order valence-electron chi connectivity index (χ1n) is 9.02. The Hall–Kier alpha value is -1.09. The molecule has 130 valence electrons. The van der Waals surface area contributed by atoms with Crippen LogP contribution in [0.5, 0.6) is 0 Å². The third-order valence-corrected chi connectivity index (χ3v) is 5.99. The fraction of sp³-hybridized carbons (Fsp3) is 0.600. The number of hydrogen-bond acceptors (Lipinski definition) is 2. The van der Waals surface area contributed by atoms with Gasteiger partial charge in [-0.15, -0.1) is 6.58 Å². The molecule has 2 nitrogen and oxygen atoms in total. The molecular weight excluding hydrogens is 304 g/mol. The Kier molecular flexibility index (Phi) is 9.93. The number of benzene rings is 1. The summed E-state index contributed by atoms with van der Waals surface area (Å²) in [6, 6.07) is 7.47. The van der Waals surface area contributed by atoms with Crippen molar-refractivity contribution in [3.63, 3.8) is 0 Å². The molecule has 1 rings (SSSR count). The Morgan fingerprint density at radius 3 is 2.13 bits per heavy atom. The van der Waals surface area contributed by atoms with Gasteiger partial charge in [0, 0.05) is 0 Å². The van der Waals surface area contributed by atoms with Crippen LogP contribution in [0.3, 0.4) is 0 Å². The van der Waals surface area contributed by atoms with Crippen molar-refractivity contribution in [3.05, 3.63) is 42.5 Å². The van der Waals surface area contributed by atoms with Gasteiger partial charge in [0.15, 0.2) is 9.84 Å². The molecule has 0 radical (unpaired) electrons. The molecule has 0 atom stereocenters. The quantitative estimate of drug-likeness (QED) is 0.341. The highest BCUT2D eigenvalue weighted by atomic mass is 32.2. The maximum atomic E-state index is 12.3. The van der Waals surface area contributed by atoms with E-state index in [9.17, 15) is 8.42 Å². The molecule has 3 heteroatoms.